The summed E-state index contributed by atoms with van der Waals surface area (Å²) in [4.78, 5) is 11.7. The van der Waals surface area contributed by atoms with Crippen molar-refractivity contribution in [1.29, 1.82) is 0 Å². The molecule has 0 aromatic carbocycles. The maximum atomic E-state index is 11.7. The van der Waals surface area contributed by atoms with Crippen LogP contribution in [0.25, 0.3) is 0 Å². The van der Waals surface area contributed by atoms with Crippen molar-refractivity contribution in [3.05, 3.63) is 0 Å². The van der Waals surface area contributed by atoms with E-state index in [4.69, 9.17) is 0 Å². The molecule has 70 valence electrons. The van der Waals surface area contributed by atoms with Crippen LogP contribution in [0.4, 0.5) is 0 Å². The van der Waals surface area contributed by atoms with Crippen molar-refractivity contribution in [3.63, 3.8) is 0 Å². The van der Waals surface area contributed by atoms with Crippen LogP contribution in [-0.2, 0) is 4.79 Å². The summed E-state index contributed by atoms with van der Waals surface area (Å²) in [7, 11) is 0. The smallest absolute Gasteiger partial charge is 0.140 e. The number of Topliss-reactive ketones (excluding diaryl/α,β-unsaturated/α-hetero) is 1. The Morgan fingerprint density at radius 1 is 1.50 bits per heavy atom. The largest absolute Gasteiger partial charge is 0.314 e. The van der Waals surface area contributed by atoms with Crippen molar-refractivity contribution < 1.29 is 4.79 Å². The molecular weight excluding hydrogens is 150 g/mol. The quantitative estimate of drug-likeness (QED) is 0.680. The molecule has 2 heteroatoms. The topological polar surface area (TPSA) is 29.1 Å². The van der Waals surface area contributed by atoms with E-state index in [1.165, 1.54) is 0 Å². The van der Waals surface area contributed by atoms with E-state index in [9.17, 15) is 4.79 Å². The van der Waals surface area contributed by atoms with Gasteiger partial charge in [-0.3, -0.25) is 4.79 Å². The van der Waals surface area contributed by atoms with Crippen LogP contribution in [0.5, 0.6) is 0 Å². The van der Waals surface area contributed by atoms with Gasteiger partial charge in [0, 0.05) is 17.9 Å². The number of nitrogens with one attached hydrogen (secondary N) is 1. The second-order valence-electron chi connectivity index (χ2n) is 4.05. The van der Waals surface area contributed by atoms with E-state index in [-0.39, 0.29) is 11.8 Å². The predicted molar refractivity (Wildman–Crippen MR) is 50.0 cm³/mol. The molecule has 0 bridgehead atoms. The molecular formula is C10H19NO. The van der Waals surface area contributed by atoms with Crippen LogP contribution in [0.2, 0.25) is 0 Å². The third-order valence-electron chi connectivity index (χ3n) is 2.70. The van der Waals surface area contributed by atoms with Crippen LogP contribution < -0.4 is 5.32 Å². The minimum Gasteiger partial charge on any atom is -0.314 e. The van der Waals surface area contributed by atoms with Crippen LogP contribution in [-0.4, -0.2) is 18.4 Å². The Morgan fingerprint density at radius 2 is 2.17 bits per heavy atom. The molecule has 12 heavy (non-hydrogen) atoms. The second kappa shape index (κ2) is 4.04. The average Bonchev–Trinajstić information content (AvgIpc) is 2.04. The molecule has 1 aliphatic rings. The zero-order valence-corrected chi connectivity index (χ0v) is 8.26. The lowest BCUT2D eigenvalue weighted by Gasteiger charge is -2.29. The predicted octanol–water partition coefficient (Wildman–Crippen LogP) is 1.60. The molecule has 0 spiro atoms. The molecule has 0 aromatic rings. The highest BCUT2D eigenvalue weighted by Crippen LogP contribution is 2.20. The summed E-state index contributed by atoms with van der Waals surface area (Å²) >= 11 is 0. The van der Waals surface area contributed by atoms with Gasteiger partial charge in [-0.05, 0) is 26.3 Å². The summed E-state index contributed by atoms with van der Waals surface area (Å²) in [6.45, 7) is 7.17. The lowest BCUT2D eigenvalue weighted by Crippen LogP contribution is -2.43. The fourth-order valence-electron chi connectivity index (χ4n) is 1.86. The zero-order chi connectivity index (χ0) is 9.14. The fraction of sp³-hybridized carbons (Fsp3) is 0.900. The summed E-state index contributed by atoms with van der Waals surface area (Å²) in [5.74, 6) is 0.880. The SMILES string of the molecule is CC(C)C(=O)C1CCCNC1C. The minimum absolute atomic E-state index is 0.192. The van der Waals surface area contributed by atoms with Crippen molar-refractivity contribution in [2.75, 3.05) is 6.54 Å². The van der Waals surface area contributed by atoms with Crippen LogP contribution in [0.1, 0.15) is 33.6 Å². The molecule has 0 radical (unpaired) electrons. The normalized spacial score (nSPS) is 30.7. The highest BCUT2D eigenvalue weighted by Gasteiger charge is 2.28. The third-order valence-corrected chi connectivity index (χ3v) is 2.70. The van der Waals surface area contributed by atoms with Gasteiger partial charge in [-0.15, -0.1) is 0 Å². The van der Waals surface area contributed by atoms with E-state index < -0.39 is 0 Å². The summed E-state index contributed by atoms with van der Waals surface area (Å²) in [5.41, 5.74) is 0. The van der Waals surface area contributed by atoms with Crippen molar-refractivity contribution >= 4 is 5.78 Å². The number of carbonyl (C=O) groups excluding carboxylic acids is 1. The van der Waals surface area contributed by atoms with E-state index in [1.54, 1.807) is 0 Å². The van der Waals surface area contributed by atoms with Gasteiger partial charge in [-0.25, -0.2) is 0 Å². The summed E-state index contributed by atoms with van der Waals surface area (Å²) in [6, 6.07) is 0.383. The molecule has 1 heterocycles. The first-order valence-electron chi connectivity index (χ1n) is 4.90. The Kier molecular flexibility index (Phi) is 3.27. The molecule has 2 unspecified atom stereocenters. The number of ketones is 1. The van der Waals surface area contributed by atoms with Crippen molar-refractivity contribution in [2.24, 2.45) is 11.8 Å². The monoisotopic (exact) mass is 169 g/mol. The van der Waals surface area contributed by atoms with E-state index in [0.29, 0.717) is 11.8 Å². The van der Waals surface area contributed by atoms with Gasteiger partial charge in [0.1, 0.15) is 5.78 Å². The van der Waals surface area contributed by atoms with Gasteiger partial charge < -0.3 is 5.32 Å². The highest BCUT2D eigenvalue weighted by atomic mass is 16.1. The first-order chi connectivity index (χ1) is 5.63. The maximum Gasteiger partial charge on any atom is 0.140 e. The van der Waals surface area contributed by atoms with Crippen molar-refractivity contribution in [1.82, 2.24) is 5.32 Å². The third kappa shape index (κ3) is 2.07. The summed E-state index contributed by atoms with van der Waals surface area (Å²) < 4.78 is 0. The van der Waals surface area contributed by atoms with Crippen LogP contribution >= 0.6 is 0 Å². The Bertz CT molecular complexity index is 165. The molecule has 1 saturated heterocycles. The molecule has 2 nitrogen and oxygen atoms in total. The van der Waals surface area contributed by atoms with Crippen LogP contribution in [0.3, 0.4) is 0 Å². The Balaban J connectivity index is 2.53. The second-order valence-corrected chi connectivity index (χ2v) is 4.05. The number of rotatable bonds is 2. The first-order valence-corrected chi connectivity index (χ1v) is 4.90. The molecule has 1 rings (SSSR count). The van der Waals surface area contributed by atoms with Crippen LogP contribution in [0.15, 0.2) is 0 Å². The molecule has 1 fully saturated rings. The number of carbonyl (C=O) groups is 1. The molecule has 0 amide bonds. The summed E-state index contributed by atoms with van der Waals surface area (Å²) in [6.07, 6.45) is 2.22. The highest BCUT2D eigenvalue weighted by molar-refractivity contribution is 5.83. The van der Waals surface area contributed by atoms with Crippen molar-refractivity contribution in [3.8, 4) is 0 Å². The molecule has 1 aliphatic heterocycles. The van der Waals surface area contributed by atoms with Gasteiger partial charge in [-0.2, -0.15) is 0 Å². The number of piperidine rings is 1. The number of hydrogen-bond donors (Lipinski definition) is 1. The molecule has 0 aliphatic carbocycles. The van der Waals surface area contributed by atoms with E-state index in [2.05, 4.69) is 12.2 Å². The van der Waals surface area contributed by atoms with Gasteiger partial charge in [0.2, 0.25) is 0 Å². The maximum absolute atomic E-state index is 11.7. The lowest BCUT2D eigenvalue weighted by atomic mass is 9.84. The van der Waals surface area contributed by atoms with Gasteiger partial charge in [-0.1, -0.05) is 13.8 Å². The van der Waals surface area contributed by atoms with E-state index >= 15 is 0 Å². The first kappa shape index (κ1) is 9.72. The molecule has 2 atom stereocenters. The zero-order valence-electron chi connectivity index (χ0n) is 8.26. The molecule has 0 saturated carbocycles. The standard InChI is InChI=1S/C10H19NO/c1-7(2)10(12)9-5-4-6-11-8(9)3/h7-9,11H,4-6H2,1-3H3. The number of hydrogen-bond acceptors (Lipinski definition) is 2. The minimum atomic E-state index is 0.192. The van der Waals surface area contributed by atoms with E-state index in [1.807, 2.05) is 13.8 Å². The van der Waals surface area contributed by atoms with Gasteiger partial charge in [0.05, 0.1) is 0 Å². The molecule has 0 aromatic heterocycles. The van der Waals surface area contributed by atoms with Gasteiger partial charge in [0.15, 0.2) is 0 Å². The Labute approximate surface area is 74.7 Å². The fourth-order valence-corrected chi connectivity index (χ4v) is 1.86. The van der Waals surface area contributed by atoms with Crippen molar-refractivity contribution in [2.45, 2.75) is 39.7 Å². The molecule has 1 N–H and O–H groups in total. The Morgan fingerprint density at radius 3 is 2.67 bits per heavy atom. The average molecular weight is 169 g/mol. The lowest BCUT2D eigenvalue weighted by molar-refractivity contribution is -0.127. The summed E-state index contributed by atoms with van der Waals surface area (Å²) in [5, 5.41) is 3.35. The van der Waals surface area contributed by atoms with Crippen LogP contribution in [0, 0.1) is 11.8 Å². The Hall–Kier alpha value is -0.370. The van der Waals surface area contributed by atoms with E-state index in [0.717, 1.165) is 19.4 Å². The van der Waals surface area contributed by atoms with Gasteiger partial charge >= 0.3 is 0 Å². The van der Waals surface area contributed by atoms with Gasteiger partial charge in [0.25, 0.3) is 0 Å².